The van der Waals surface area contributed by atoms with Crippen LogP contribution in [0.2, 0.25) is 0 Å². The molecule has 1 amide bonds. The Labute approximate surface area is 144 Å². The van der Waals surface area contributed by atoms with Crippen molar-refractivity contribution in [2.24, 2.45) is 5.92 Å². The second-order valence-electron chi connectivity index (χ2n) is 6.67. The minimum Gasteiger partial charge on any atom is -0.376 e. The van der Waals surface area contributed by atoms with E-state index in [4.69, 9.17) is 9.47 Å². The van der Waals surface area contributed by atoms with Crippen LogP contribution in [0.5, 0.6) is 0 Å². The van der Waals surface area contributed by atoms with E-state index in [-0.39, 0.29) is 17.9 Å². The van der Waals surface area contributed by atoms with Gasteiger partial charge in [0.15, 0.2) is 0 Å². The summed E-state index contributed by atoms with van der Waals surface area (Å²) in [5.74, 6) is 0.364. The van der Waals surface area contributed by atoms with Gasteiger partial charge in [0, 0.05) is 19.0 Å². The lowest BCUT2D eigenvalue weighted by molar-refractivity contribution is -0.127. The van der Waals surface area contributed by atoms with Crippen molar-refractivity contribution in [1.82, 2.24) is 10.2 Å². The van der Waals surface area contributed by atoms with Gasteiger partial charge in [0.25, 0.3) is 0 Å². The molecule has 24 heavy (non-hydrogen) atoms. The van der Waals surface area contributed by atoms with Crippen molar-refractivity contribution in [3.8, 4) is 0 Å². The van der Waals surface area contributed by atoms with E-state index in [1.807, 2.05) is 18.2 Å². The number of nitrogens with zero attached hydrogens (tertiary/aromatic N) is 1. The Kier molecular flexibility index (Phi) is 6.64. The minimum atomic E-state index is 0.153. The molecule has 0 aromatic heterocycles. The van der Waals surface area contributed by atoms with Crippen molar-refractivity contribution in [3.63, 3.8) is 0 Å². The Morgan fingerprint density at radius 3 is 2.67 bits per heavy atom. The fourth-order valence-electron chi connectivity index (χ4n) is 3.43. The van der Waals surface area contributed by atoms with E-state index in [1.54, 1.807) is 0 Å². The molecule has 2 aliphatic rings. The van der Waals surface area contributed by atoms with Crippen molar-refractivity contribution in [3.05, 3.63) is 35.9 Å². The lowest BCUT2D eigenvalue weighted by Gasteiger charge is -2.34. The number of nitrogens with one attached hydrogen (secondary N) is 1. The monoisotopic (exact) mass is 332 g/mol. The van der Waals surface area contributed by atoms with E-state index in [2.05, 4.69) is 22.3 Å². The van der Waals surface area contributed by atoms with Crippen LogP contribution in [0, 0.1) is 5.92 Å². The lowest BCUT2D eigenvalue weighted by atomic mass is 9.95. The summed E-state index contributed by atoms with van der Waals surface area (Å²) in [6.45, 7) is 5.68. The summed E-state index contributed by atoms with van der Waals surface area (Å²) in [6.07, 6.45) is 2.95. The van der Waals surface area contributed by atoms with Crippen molar-refractivity contribution >= 4 is 5.91 Å². The third-order valence-electron chi connectivity index (χ3n) is 4.86. The second kappa shape index (κ2) is 9.16. The fourth-order valence-corrected chi connectivity index (χ4v) is 3.43. The molecule has 2 fully saturated rings. The first-order chi connectivity index (χ1) is 11.8. The van der Waals surface area contributed by atoms with E-state index in [0.29, 0.717) is 19.8 Å². The third-order valence-corrected chi connectivity index (χ3v) is 4.86. The Hall–Kier alpha value is -1.43. The number of rotatable bonds is 6. The van der Waals surface area contributed by atoms with Gasteiger partial charge in [0.05, 0.1) is 25.9 Å². The second-order valence-corrected chi connectivity index (χ2v) is 6.67. The molecular weight excluding hydrogens is 304 g/mol. The molecule has 1 N–H and O–H groups in total. The zero-order valence-electron chi connectivity index (χ0n) is 14.3. The summed E-state index contributed by atoms with van der Waals surface area (Å²) >= 11 is 0. The number of carbonyl (C=O) groups excluding carboxylic acids is 1. The van der Waals surface area contributed by atoms with E-state index in [9.17, 15) is 4.79 Å². The molecule has 0 saturated carbocycles. The van der Waals surface area contributed by atoms with Crippen LogP contribution in [0.15, 0.2) is 30.3 Å². The SMILES string of the molecule is O=C(NCCc1ccccc1)C1CCN(C[C@@H]2COCCO2)CC1. The van der Waals surface area contributed by atoms with Gasteiger partial charge < -0.3 is 19.7 Å². The molecule has 3 rings (SSSR count). The number of piperidine rings is 1. The summed E-state index contributed by atoms with van der Waals surface area (Å²) in [5, 5.41) is 3.09. The number of ether oxygens (including phenoxy) is 2. The number of likely N-dealkylation sites (tertiary alicyclic amines) is 1. The summed E-state index contributed by atoms with van der Waals surface area (Å²) in [5.41, 5.74) is 1.27. The minimum absolute atomic E-state index is 0.153. The number of benzene rings is 1. The van der Waals surface area contributed by atoms with Gasteiger partial charge in [-0.1, -0.05) is 30.3 Å². The first kappa shape index (κ1) is 17.4. The Bertz CT molecular complexity index is 495. The first-order valence-electron chi connectivity index (χ1n) is 9.04. The van der Waals surface area contributed by atoms with Gasteiger partial charge >= 0.3 is 0 Å². The van der Waals surface area contributed by atoms with E-state index < -0.39 is 0 Å². The topological polar surface area (TPSA) is 50.8 Å². The van der Waals surface area contributed by atoms with Crippen LogP contribution >= 0.6 is 0 Å². The van der Waals surface area contributed by atoms with Gasteiger partial charge in [-0.3, -0.25) is 4.79 Å². The molecule has 0 bridgehead atoms. The Morgan fingerprint density at radius 2 is 1.96 bits per heavy atom. The molecule has 2 heterocycles. The van der Waals surface area contributed by atoms with E-state index in [0.717, 1.165) is 45.4 Å². The normalized spacial score (nSPS) is 23.1. The number of hydrogen-bond donors (Lipinski definition) is 1. The summed E-state index contributed by atoms with van der Waals surface area (Å²) in [6, 6.07) is 10.3. The fraction of sp³-hybridized carbons (Fsp3) is 0.632. The van der Waals surface area contributed by atoms with Crippen LogP contribution in [0.25, 0.3) is 0 Å². The zero-order chi connectivity index (χ0) is 16.6. The maximum absolute atomic E-state index is 12.3. The Balaban J connectivity index is 1.32. The number of amides is 1. The molecule has 2 aliphatic heterocycles. The van der Waals surface area contributed by atoms with Gasteiger partial charge in [-0.2, -0.15) is 0 Å². The quantitative estimate of drug-likeness (QED) is 0.857. The summed E-state index contributed by atoms with van der Waals surface area (Å²) in [7, 11) is 0. The molecule has 132 valence electrons. The molecule has 0 unspecified atom stereocenters. The van der Waals surface area contributed by atoms with Crippen LogP contribution in [0.1, 0.15) is 18.4 Å². The summed E-state index contributed by atoms with van der Waals surface area (Å²) < 4.78 is 11.2. The van der Waals surface area contributed by atoms with Gasteiger partial charge in [-0.15, -0.1) is 0 Å². The highest BCUT2D eigenvalue weighted by atomic mass is 16.6. The highest BCUT2D eigenvalue weighted by molar-refractivity contribution is 5.78. The van der Waals surface area contributed by atoms with Crippen molar-refractivity contribution in [2.75, 3.05) is 46.0 Å². The molecule has 5 heteroatoms. The third kappa shape index (κ3) is 5.30. The molecule has 5 nitrogen and oxygen atoms in total. The highest BCUT2D eigenvalue weighted by Crippen LogP contribution is 2.18. The molecule has 2 saturated heterocycles. The predicted octanol–water partition coefficient (Wildman–Crippen LogP) is 1.47. The lowest BCUT2D eigenvalue weighted by Crippen LogP contribution is -2.45. The number of carbonyl (C=O) groups is 1. The van der Waals surface area contributed by atoms with Gasteiger partial charge in [0.1, 0.15) is 0 Å². The average Bonchev–Trinajstić information content (AvgIpc) is 2.64. The van der Waals surface area contributed by atoms with E-state index >= 15 is 0 Å². The Morgan fingerprint density at radius 1 is 1.17 bits per heavy atom. The zero-order valence-corrected chi connectivity index (χ0v) is 14.3. The predicted molar refractivity (Wildman–Crippen MR) is 92.9 cm³/mol. The van der Waals surface area contributed by atoms with Gasteiger partial charge in [-0.25, -0.2) is 0 Å². The smallest absolute Gasteiger partial charge is 0.223 e. The molecule has 1 atom stereocenters. The molecule has 0 spiro atoms. The largest absolute Gasteiger partial charge is 0.376 e. The van der Waals surface area contributed by atoms with Crippen molar-refractivity contribution in [2.45, 2.75) is 25.4 Å². The average molecular weight is 332 g/mol. The molecule has 1 aromatic rings. The van der Waals surface area contributed by atoms with Crippen LogP contribution in [0.4, 0.5) is 0 Å². The summed E-state index contributed by atoms with van der Waals surface area (Å²) in [4.78, 5) is 14.7. The van der Waals surface area contributed by atoms with Crippen LogP contribution in [0.3, 0.4) is 0 Å². The van der Waals surface area contributed by atoms with E-state index in [1.165, 1.54) is 5.56 Å². The molecular formula is C19H28N2O3. The molecule has 1 aromatic carbocycles. The first-order valence-corrected chi connectivity index (χ1v) is 9.04. The standard InChI is InChI=1S/C19H28N2O3/c22-19(20-9-6-16-4-2-1-3-5-16)17-7-10-21(11-8-17)14-18-15-23-12-13-24-18/h1-5,17-18H,6-15H2,(H,20,22)/t18-/m1/s1. The maximum Gasteiger partial charge on any atom is 0.223 e. The van der Waals surface area contributed by atoms with Crippen molar-refractivity contribution in [1.29, 1.82) is 0 Å². The number of hydrogen-bond acceptors (Lipinski definition) is 4. The molecule has 0 aliphatic carbocycles. The van der Waals surface area contributed by atoms with Gasteiger partial charge in [0.2, 0.25) is 5.91 Å². The molecule has 0 radical (unpaired) electrons. The van der Waals surface area contributed by atoms with Crippen LogP contribution in [-0.4, -0.2) is 62.9 Å². The van der Waals surface area contributed by atoms with Crippen LogP contribution in [-0.2, 0) is 20.7 Å². The van der Waals surface area contributed by atoms with Gasteiger partial charge in [-0.05, 0) is 37.9 Å². The highest BCUT2D eigenvalue weighted by Gasteiger charge is 2.26. The van der Waals surface area contributed by atoms with Crippen LogP contribution < -0.4 is 5.32 Å². The van der Waals surface area contributed by atoms with Crippen molar-refractivity contribution < 1.29 is 14.3 Å². The maximum atomic E-state index is 12.3.